The van der Waals surface area contributed by atoms with E-state index < -0.39 is 28.6 Å². The van der Waals surface area contributed by atoms with Gasteiger partial charge in [-0.2, -0.15) is 0 Å². The minimum absolute atomic E-state index is 0.111. The summed E-state index contributed by atoms with van der Waals surface area (Å²) in [6.07, 6.45) is 0.729. The Kier molecular flexibility index (Phi) is 5.22. The molecule has 1 saturated carbocycles. The number of nitro groups is 1. The summed E-state index contributed by atoms with van der Waals surface area (Å²) in [4.78, 5) is 34.5. The van der Waals surface area contributed by atoms with E-state index in [-0.39, 0.29) is 23.1 Å². The van der Waals surface area contributed by atoms with Crippen LogP contribution in [0.2, 0.25) is 0 Å². The van der Waals surface area contributed by atoms with E-state index >= 15 is 0 Å². The number of rotatable bonds is 7. The second-order valence-electron chi connectivity index (χ2n) is 5.31. The Labute approximate surface area is 138 Å². The highest BCUT2D eigenvalue weighted by molar-refractivity contribution is 5.96. The van der Waals surface area contributed by atoms with E-state index in [2.05, 4.69) is 5.32 Å². The fraction of sp³-hybridized carbons (Fsp3) is 0.467. The van der Waals surface area contributed by atoms with E-state index in [9.17, 15) is 19.7 Å². The molecule has 0 saturated heterocycles. The molecule has 0 aromatic heterocycles. The van der Waals surface area contributed by atoms with E-state index in [0.717, 1.165) is 25.0 Å². The maximum Gasteiger partial charge on any atom is 0.346 e. The van der Waals surface area contributed by atoms with Crippen LogP contribution in [0.4, 0.5) is 5.69 Å². The summed E-state index contributed by atoms with van der Waals surface area (Å²) in [5.41, 5.74) is -0.809. The minimum atomic E-state index is -1.06. The van der Waals surface area contributed by atoms with E-state index in [0.29, 0.717) is 0 Å². The molecule has 1 amide bonds. The number of carbonyl (C=O) groups excluding carboxylic acids is 2. The maximum atomic E-state index is 12.3. The van der Waals surface area contributed by atoms with E-state index in [1.54, 1.807) is 0 Å². The monoisotopic (exact) mass is 338 g/mol. The Balaban J connectivity index is 2.23. The van der Waals surface area contributed by atoms with Crippen molar-refractivity contribution in [2.24, 2.45) is 0 Å². The van der Waals surface area contributed by atoms with Gasteiger partial charge in [-0.3, -0.25) is 14.9 Å². The molecule has 1 aliphatic carbocycles. The first-order valence-electron chi connectivity index (χ1n) is 7.29. The second-order valence-corrected chi connectivity index (χ2v) is 5.31. The lowest BCUT2D eigenvalue weighted by Gasteiger charge is -2.14. The third kappa shape index (κ3) is 3.92. The zero-order chi connectivity index (χ0) is 17.9. The molecule has 1 aliphatic rings. The van der Waals surface area contributed by atoms with Gasteiger partial charge in [-0.25, -0.2) is 4.79 Å². The zero-order valence-electron chi connectivity index (χ0n) is 13.5. The molecule has 0 radical (unpaired) electrons. The predicted molar refractivity (Wildman–Crippen MR) is 82.2 cm³/mol. The van der Waals surface area contributed by atoms with Gasteiger partial charge in [0.1, 0.15) is 5.56 Å². The fourth-order valence-corrected chi connectivity index (χ4v) is 2.01. The van der Waals surface area contributed by atoms with Crippen LogP contribution in [0.5, 0.6) is 11.5 Å². The average Bonchev–Trinajstić information content (AvgIpc) is 3.36. The molecule has 1 aromatic rings. The Morgan fingerprint density at radius 3 is 2.33 bits per heavy atom. The van der Waals surface area contributed by atoms with Crippen molar-refractivity contribution in [2.45, 2.75) is 31.9 Å². The highest BCUT2D eigenvalue weighted by Crippen LogP contribution is 2.35. The van der Waals surface area contributed by atoms with Crippen molar-refractivity contribution in [3.63, 3.8) is 0 Å². The van der Waals surface area contributed by atoms with Gasteiger partial charge in [-0.1, -0.05) is 0 Å². The molecule has 0 bridgehead atoms. The van der Waals surface area contributed by atoms with E-state index in [1.807, 2.05) is 0 Å². The standard InChI is InChI=1S/C15H18N2O7/c1-8(14(18)16-9-4-5-9)24-15(19)10-6-12(22-2)13(23-3)7-11(10)17(20)21/h6-9H,4-5H2,1-3H3,(H,16,18)/t8-/m1/s1. The topological polar surface area (TPSA) is 117 Å². The summed E-state index contributed by atoms with van der Waals surface area (Å²) in [5, 5.41) is 13.9. The second kappa shape index (κ2) is 7.16. The van der Waals surface area contributed by atoms with Crippen molar-refractivity contribution in [1.29, 1.82) is 0 Å². The number of nitrogens with one attached hydrogen (secondary N) is 1. The number of esters is 1. The summed E-state index contributed by atoms with van der Waals surface area (Å²) < 4.78 is 15.1. The number of benzene rings is 1. The zero-order valence-corrected chi connectivity index (χ0v) is 13.5. The van der Waals surface area contributed by atoms with E-state index in [1.165, 1.54) is 21.1 Å². The van der Waals surface area contributed by atoms with Crippen LogP contribution in [0.3, 0.4) is 0 Å². The van der Waals surface area contributed by atoms with Crippen molar-refractivity contribution in [1.82, 2.24) is 5.32 Å². The summed E-state index contributed by atoms with van der Waals surface area (Å²) in [7, 11) is 2.66. The van der Waals surface area contributed by atoms with Gasteiger partial charge in [0.2, 0.25) is 0 Å². The van der Waals surface area contributed by atoms with Crippen molar-refractivity contribution >= 4 is 17.6 Å². The summed E-state index contributed by atoms with van der Waals surface area (Å²) in [5.74, 6) is -1.17. The largest absolute Gasteiger partial charge is 0.493 e. The first-order valence-corrected chi connectivity index (χ1v) is 7.29. The molecule has 0 heterocycles. The lowest BCUT2D eigenvalue weighted by atomic mass is 10.1. The van der Waals surface area contributed by atoms with Crippen LogP contribution in [-0.2, 0) is 9.53 Å². The number of carbonyl (C=O) groups is 2. The van der Waals surface area contributed by atoms with E-state index in [4.69, 9.17) is 14.2 Å². The molecule has 130 valence electrons. The molecule has 0 aliphatic heterocycles. The van der Waals surface area contributed by atoms with Crippen LogP contribution in [0.15, 0.2) is 12.1 Å². The van der Waals surface area contributed by atoms with Crippen LogP contribution < -0.4 is 14.8 Å². The highest BCUT2D eigenvalue weighted by Gasteiger charge is 2.30. The van der Waals surface area contributed by atoms with Crippen molar-refractivity contribution in [3.05, 3.63) is 27.8 Å². The van der Waals surface area contributed by atoms with Gasteiger partial charge in [0.05, 0.1) is 25.2 Å². The Bertz CT molecular complexity index is 670. The van der Waals surface area contributed by atoms with Crippen molar-refractivity contribution in [3.8, 4) is 11.5 Å². The molecular weight excluding hydrogens is 320 g/mol. The van der Waals surface area contributed by atoms with Gasteiger partial charge in [0.25, 0.3) is 11.6 Å². The van der Waals surface area contributed by atoms with Gasteiger partial charge >= 0.3 is 5.97 Å². The maximum absolute atomic E-state index is 12.3. The fourth-order valence-electron chi connectivity index (χ4n) is 2.01. The first-order chi connectivity index (χ1) is 11.4. The van der Waals surface area contributed by atoms with Gasteiger partial charge in [0, 0.05) is 12.1 Å². The van der Waals surface area contributed by atoms with Crippen LogP contribution in [0.25, 0.3) is 0 Å². The van der Waals surface area contributed by atoms with Gasteiger partial charge in [-0.15, -0.1) is 0 Å². The molecule has 1 fully saturated rings. The molecule has 1 atom stereocenters. The average molecular weight is 338 g/mol. The smallest absolute Gasteiger partial charge is 0.346 e. The predicted octanol–water partition coefficient (Wildman–Crippen LogP) is 1.44. The SMILES string of the molecule is COc1cc(C(=O)O[C@H](C)C(=O)NC2CC2)c([N+](=O)[O-])cc1OC. The van der Waals surface area contributed by atoms with Crippen molar-refractivity contribution < 1.29 is 28.7 Å². The summed E-state index contributed by atoms with van der Waals surface area (Å²) in [6, 6.07) is 2.35. The Morgan fingerprint density at radius 2 is 1.83 bits per heavy atom. The number of methoxy groups -OCH3 is 2. The first kappa shape index (κ1) is 17.5. The van der Waals surface area contributed by atoms with Gasteiger partial charge in [-0.05, 0) is 19.8 Å². The van der Waals surface area contributed by atoms with Crippen LogP contribution in [0.1, 0.15) is 30.1 Å². The molecule has 2 rings (SSSR count). The lowest BCUT2D eigenvalue weighted by Crippen LogP contribution is -2.37. The lowest BCUT2D eigenvalue weighted by molar-refractivity contribution is -0.385. The molecule has 24 heavy (non-hydrogen) atoms. The molecular formula is C15H18N2O7. The van der Waals surface area contributed by atoms with Crippen LogP contribution >= 0.6 is 0 Å². The molecule has 9 heteroatoms. The third-order valence-corrected chi connectivity index (χ3v) is 3.50. The Hall–Kier alpha value is -2.84. The Morgan fingerprint density at radius 1 is 1.25 bits per heavy atom. The normalized spacial score (nSPS) is 14.5. The highest BCUT2D eigenvalue weighted by atomic mass is 16.6. The quantitative estimate of drug-likeness (QED) is 0.454. The van der Waals surface area contributed by atoms with Gasteiger partial charge < -0.3 is 19.5 Å². The number of hydrogen-bond donors (Lipinski definition) is 1. The van der Waals surface area contributed by atoms with Gasteiger partial charge in [0.15, 0.2) is 17.6 Å². The van der Waals surface area contributed by atoms with Crippen LogP contribution in [0, 0.1) is 10.1 Å². The number of ether oxygens (including phenoxy) is 3. The summed E-state index contributed by atoms with van der Waals surface area (Å²) >= 11 is 0. The minimum Gasteiger partial charge on any atom is -0.493 e. The molecule has 9 nitrogen and oxygen atoms in total. The van der Waals surface area contributed by atoms with Crippen LogP contribution in [-0.4, -0.2) is 43.2 Å². The number of nitro benzene ring substituents is 1. The molecule has 0 unspecified atom stereocenters. The van der Waals surface area contributed by atoms with Crippen molar-refractivity contribution in [2.75, 3.05) is 14.2 Å². The molecule has 0 spiro atoms. The number of hydrogen-bond acceptors (Lipinski definition) is 7. The molecule has 1 aromatic carbocycles. The number of nitrogens with zero attached hydrogens (tertiary/aromatic N) is 1. The summed E-state index contributed by atoms with van der Waals surface area (Å²) in [6.45, 7) is 1.40. The number of amides is 1. The molecule has 1 N–H and O–H groups in total. The third-order valence-electron chi connectivity index (χ3n) is 3.50.